The van der Waals surface area contributed by atoms with E-state index in [1.165, 1.54) is 0 Å². The molecule has 0 bridgehead atoms. The molecular weight excluding hydrogens is 280 g/mol. The summed E-state index contributed by atoms with van der Waals surface area (Å²) in [6.07, 6.45) is 0. The predicted octanol–water partition coefficient (Wildman–Crippen LogP) is 0.904. The Morgan fingerprint density at radius 1 is 1.35 bits per heavy atom. The first kappa shape index (κ1) is 16.3. The summed E-state index contributed by atoms with van der Waals surface area (Å²) in [7, 11) is -3.56. The van der Waals surface area contributed by atoms with E-state index in [0.29, 0.717) is 18.0 Å². The average Bonchev–Trinajstić information content (AvgIpc) is 2.35. The Labute approximate surface area is 119 Å². The lowest BCUT2D eigenvalue weighted by atomic mass is 10.2. The Morgan fingerprint density at radius 2 is 1.95 bits per heavy atom. The summed E-state index contributed by atoms with van der Waals surface area (Å²) in [5.74, 6) is 0.667. The standard InChI is InChI=1S/C12H20N4O3S/c1-9(2)7-15-20(17,18)16-10-3-5-11(6-4-10)19-8-12(13)14/h3-6,9,15-16H,7-8H2,1-2H3,(H3,13,14). The second-order valence-electron chi connectivity index (χ2n) is 4.69. The number of hydrogen-bond acceptors (Lipinski definition) is 4. The van der Waals surface area contributed by atoms with Gasteiger partial charge in [-0.15, -0.1) is 0 Å². The third-order valence-electron chi connectivity index (χ3n) is 2.18. The Balaban J connectivity index is 2.58. The van der Waals surface area contributed by atoms with Crippen molar-refractivity contribution in [3.05, 3.63) is 24.3 Å². The molecule has 0 radical (unpaired) electrons. The lowest BCUT2D eigenvalue weighted by Crippen LogP contribution is -2.32. The number of benzene rings is 1. The van der Waals surface area contributed by atoms with Crippen molar-refractivity contribution in [1.29, 1.82) is 5.41 Å². The minimum absolute atomic E-state index is 0.00101. The van der Waals surface area contributed by atoms with Gasteiger partial charge in [-0.3, -0.25) is 10.1 Å². The normalized spacial score (nSPS) is 11.3. The molecule has 1 aromatic carbocycles. The van der Waals surface area contributed by atoms with Crippen molar-refractivity contribution in [1.82, 2.24) is 4.72 Å². The molecule has 0 fully saturated rings. The van der Waals surface area contributed by atoms with Crippen molar-refractivity contribution >= 4 is 21.7 Å². The van der Waals surface area contributed by atoms with Crippen LogP contribution in [0, 0.1) is 11.3 Å². The smallest absolute Gasteiger partial charge is 0.299 e. The molecule has 1 rings (SSSR count). The van der Waals surface area contributed by atoms with Crippen LogP contribution in [0.1, 0.15) is 13.8 Å². The van der Waals surface area contributed by atoms with Gasteiger partial charge in [0.05, 0.1) is 0 Å². The fourth-order valence-corrected chi connectivity index (χ4v) is 2.32. The van der Waals surface area contributed by atoms with Crippen LogP contribution in [0.4, 0.5) is 5.69 Å². The number of anilines is 1. The van der Waals surface area contributed by atoms with E-state index in [4.69, 9.17) is 15.9 Å². The van der Waals surface area contributed by atoms with Crippen molar-refractivity contribution in [2.24, 2.45) is 11.7 Å². The summed E-state index contributed by atoms with van der Waals surface area (Å²) < 4.78 is 33.5. The molecule has 0 aromatic heterocycles. The molecule has 0 heterocycles. The Kier molecular flexibility index (Phi) is 5.78. The molecule has 0 amide bonds. The van der Waals surface area contributed by atoms with Gasteiger partial charge >= 0.3 is 0 Å². The van der Waals surface area contributed by atoms with Crippen LogP contribution < -0.4 is 19.9 Å². The van der Waals surface area contributed by atoms with Gasteiger partial charge in [-0.25, -0.2) is 0 Å². The number of ether oxygens (including phenoxy) is 1. The average molecular weight is 300 g/mol. The van der Waals surface area contributed by atoms with Crippen LogP contribution in [0.3, 0.4) is 0 Å². The maximum Gasteiger partial charge on any atom is 0.299 e. The van der Waals surface area contributed by atoms with E-state index in [0.717, 1.165) is 0 Å². The van der Waals surface area contributed by atoms with E-state index < -0.39 is 10.2 Å². The van der Waals surface area contributed by atoms with Gasteiger partial charge in [-0.05, 0) is 30.2 Å². The van der Waals surface area contributed by atoms with E-state index >= 15 is 0 Å². The lowest BCUT2D eigenvalue weighted by Gasteiger charge is -2.11. The summed E-state index contributed by atoms with van der Waals surface area (Å²) in [6, 6.07) is 6.35. The van der Waals surface area contributed by atoms with Gasteiger partial charge in [0.2, 0.25) is 0 Å². The summed E-state index contributed by atoms with van der Waals surface area (Å²) in [5.41, 5.74) is 5.60. The van der Waals surface area contributed by atoms with Gasteiger partial charge in [-0.1, -0.05) is 13.8 Å². The molecule has 0 aliphatic carbocycles. The predicted molar refractivity (Wildman–Crippen MR) is 79.2 cm³/mol. The zero-order chi connectivity index (χ0) is 15.2. The molecule has 0 unspecified atom stereocenters. The first-order chi connectivity index (χ1) is 9.28. The van der Waals surface area contributed by atoms with Crippen LogP contribution in [-0.2, 0) is 10.2 Å². The second-order valence-corrected chi connectivity index (χ2v) is 6.19. The van der Waals surface area contributed by atoms with Crippen LogP contribution in [0.15, 0.2) is 24.3 Å². The first-order valence-electron chi connectivity index (χ1n) is 6.11. The molecule has 0 saturated carbocycles. The first-order valence-corrected chi connectivity index (χ1v) is 7.60. The molecule has 112 valence electrons. The summed E-state index contributed by atoms with van der Waals surface area (Å²) in [5, 5.41) is 7.04. The quantitative estimate of drug-likeness (QED) is 0.421. The van der Waals surface area contributed by atoms with Crippen LogP contribution in [-0.4, -0.2) is 27.4 Å². The SMILES string of the molecule is CC(C)CNS(=O)(=O)Nc1ccc(OCC(=N)N)cc1. The molecule has 5 N–H and O–H groups in total. The van der Waals surface area contributed by atoms with E-state index in [1.807, 2.05) is 13.8 Å². The van der Waals surface area contributed by atoms with Gasteiger partial charge < -0.3 is 10.5 Å². The van der Waals surface area contributed by atoms with Crippen molar-refractivity contribution in [2.45, 2.75) is 13.8 Å². The molecular formula is C12H20N4O3S. The lowest BCUT2D eigenvalue weighted by molar-refractivity contribution is 0.374. The van der Waals surface area contributed by atoms with Gasteiger partial charge in [0, 0.05) is 12.2 Å². The summed E-state index contributed by atoms with van der Waals surface area (Å²) in [6.45, 7) is 4.21. The summed E-state index contributed by atoms with van der Waals surface area (Å²) >= 11 is 0. The highest BCUT2D eigenvalue weighted by molar-refractivity contribution is 7.90. The van der Waals surface area contributed by atoms with Gasteiger partial charge in [0.15, 0.2) is 0 Å². The van der Waals surface area contributed by atoms with E-state index in [2.05, 4.69) is 9.44 Å². The van der Waals surface area contributed by atoms with Gasteiger partial charge in [0.25, 0.3) is 10.2 Å². The highest BCUT2D eigenvalue weighted by atomic mass is 32.2. The van der Waals surface area contributed by atoms with Crippen molar-refractivity contribution in [3.63, 3.8) is 0 Å². The molecule has 1 aromatic rings. The number of nitrogens with one attached hydrogen (secondary N) is 3. The second kappa shape index (κ2) is 7.11. The Bertz CT molecular complexity index is 540. The number of amidine groups is 1. The van der Waals surface area contributed by atoms with Crippen molar-refractivity contribution in [3.8, 4) is 5.75 Å². The maximum atomic E-state index is 11.7. The topological polar surface area (TPSA) is 117 Å². The number of nitrogens with two attached hydrogens (primary N) is 1. The van der Waals surface area contributed by atoms with E-state index in [-0.39, 0.29) is 18.4 Å². The van der Waals surface area contributed by atoms with E-state index in [9.17, 15) is 8.42 Å². The highest BCUT2D eigenvalue weighted by Gasteiger charge is 2.10. The molecule has 0 aliphatic heterocycles. The zero-order valence-corrected chi connectivity index (χ0v) is 12.3. The van der Waals surface area contributed by atoms with Crippen LogP contribution in [0.25, 0.3) is 0 Å². The molecule has 20 heavy (non-hydrogen) atoms. The Hall–Kier alpha value is -1.80. The minimum Gasteiger partial charge on any atom is -0.486 e. The highest BCUT2D eigenvalue weighted by Crippen LogP contribution is 2.16. The van der Waals surface area contributed by atoms with E-state index in [1.54, 1.807) is 24.3 Å². The molecule has 8 heteroatoms. The minimum atomic E-state index is -3.56. The van der Waals surface area contributed by atoms with Crippen LogP contribution >= 0.6 is 0 Å². The molecule has 0 aliphatic rings. The molecule has 0 saturated heterocycles. The third kappa shape index (κ3) is 6.39. The Morgan fingerprint density at radius 3 is 2.45 bits per heavy atom. The molecule has 7 nitrogen and oxygen atoms in total. The molecule has 0 spiro atoms. The third-order valence-corrected chi connectivity index (χ3v) is 3.23. The number of hydrogen-bond donors (Lipinski definition) is 4. The van der Waals surface area contributed by atoms with Gasteiger partial charge in [-0.2, -0.15) is 13.1 Å². The fraction of sp³-hybridized carbons (Fsp3) is 0.417. The largest absolute Gasteiger partial charge is 0.486 e. The summed E-state index contributed by atoms with van der Waals surface area (Å²) in [4.78, 5) is 0. The van der Waals surface area contributed by atoms with Gasteiger partial charge in [0.1, 0.15) is 18.2 Å². The monoisotopic (exact) mass is 300 g/mol. The zero-order valence-electron chi connectivity index (χ0n) is 11.5. The van der Waals surface area contributed by atoms with Crippen LogP contribution in [0.5, 0.6) is 5.75 Å². The fourth-order valence-electron chi connectivity index (χ4n) is 1.25. The maximum absolute atomic E-state index is 11.7. The van der Waals surface area contributed by atoms with Crippen LogP contribution in [0.2, 0.25) is 0 Å². The molecule has 0 atom stereocenters. The number of rotatable bonds is 8. The van der Waals surface area contributed by atoms with Crippen molar-refractivity contribution in [2.75, 3.05) is 17.9 Å². The van der Waals surface area contributed by atoms with Crippen molar-refractivity contribution < 1.29 is 13.2 Å².